The Bertz CT molecular complexity index is 904. The smallest absolute Gasteiger partial charge is 0.322 e. The van der Waals surface area contributed by atoms with E-state index in [-0.39, 0.29) is 6.03 Å². The molecule has 0 bridgehead atoms. The average molecular weight is 410 g/mol. The fourth-order valence-corrected chi connectivity index (χ4v) is 3.91. The first-order chi connectivity index (χ1) is 14.4. The number of likely N-dealkylation sites (N-methyl/N-ethyl adjacent to an activating group) is 1. The van der Waals surface area contributed by atoms with Gasteiger partial charge in [0.15, 0.2) is 0 Å². The molecule has 2 amide bonds. The lowest BCUT2D eigenvalue weighted by Crippen LogP contribution is -2.46. The minimum atomic E-state index is -0.0858. The zero-order chi connectivity index (χ0) is 21.3. The summed E-state index contributed by atoms with van der Waals surface area (Å²) in [5.41, 5.74) is 4.08. The summed E-state index contributed by atoms with van der Waals surface area (Å²) in [4.78, 5) is 31.1. The van der Waals surface area contributed by atoms with Gasteiger partial charge in [0.2, 0.25) is 5.95 Å². The summed E-state index contributed by atoms with van der Waals surface area (Å²) in [6.45, 7) is 7.11. The van der Waals surface area contributed by atoms with E-state index in [2.05, 4.69) is 22.2 Å². The Kier molecular flexibility index (Phi) is 5.76. The molecule has 0 saturated carbocycles. The minimum absolute atomic E-state index is 0.0858. The molecule has 0 unspecified atom stereocenters. The Balaban J connectivity index is 1.53. The fraction of sp³-hybridized carbons (Fsp3) is 0.500. The highest BCUT2D eigenvalue weighted by Crippen LogP contribution is 2.28. The molecule has 2 aromatic rings. The maximum absolute atomic E-state index is 12.8. The van der Waals surface area contributed by atoms with Crippen molar-refractivity contribution in [2.45, 2.75) is 19.9 Å². The van der Waals surface area contributed by atoms with Crippen LogP contribution >= 0.6 is 0 Å². The third-order valence-corrected chi connectivity index (χ3v) is 5.83. The van der Waals surface area contributed by atoms with Crippen LogP contribution in [0.4, 0.5) is 22.2 Å². The van der Waals surface area contributed by atoms with E-state index < -0.39 is 0 Å². The van der Waals surface area contributed by atoms with Gasteiger partial charge < -0.3 is 24.9 Å². The topological polar surface area (TPSA) is 67.8 Å². The molecule has 0 aliphatic carbocycles. The van der Waals surface area contributed by atoms with Crippen molar-refractivity contribution in [3.63, 3.8) is 0 Å². The summed E-state index contributed by atoms with van der Waals surface area (Å²) in [5.74, 6) is 1.71. The molecule has 1 aromatic carbocycles. The van der Waals surface area contributed by atoms with E-state index >= 15 is 0 Å². The predicted octanol–water partition coefficient (Wildman–Crippen LogP) is 2.19. The van der Waals surface area contributed by atoms with Crippen LogP contribution in [0.2, 0.25) is 0 Å². The quantitative estimate of drug-likeness (QED) is 0.838. The van der Waals surface area contributed by atoms with Crippen molar-refractivity contribution < 1.29 is 4.79 Å². The molecule has 1 N–H and O–H groups in total. The van der Waals surface area contributed by atoms with Crippen molar-refractivity contribution in [2.24, 2.45) is 0 Å². The van der Waals surface area contributed by atoms with Gasteiger partial charge in [0.1, 0.15) is 5.82 Å². The molecule has 8 heteroatoms. The number of hydrogen-bond acceptors (Lipinski definition) is 6. The fourth-order valence-electron chi connectivity index (χ4n) is 3.91. The average Bonchev–Trinajstić information content (AvgIpc) is 2.74. The number of aromatic nitrogens is 2. The van der Waals surface area contributed by atoms with Gasteiger partial charge in [0.05, 0.1) is 12.2 Å². The van der Waals surface area contributed by atoms with Crippen molar-refractivity contribution in [2.75, 3.05) is 69.0 Å². The number of carbonyl (C=O) groups excluding carboxylic acids is 1. The monoisotopic (exact) mass is 409 g/mol. The third-order valence-electron chi connectivity index (χ3n) is 5.83. The van der Waals surface area contributed by atoms with Crippen LogP contribution in [-0.2, 0) is 13.0 Å². The van der Waals surface area contributed by atoms with E-state index in [1.807, 2.05) is 55.1 Å². The highest BCUT2D eigenvalue weighted by Gasteiger charge is 2.28. The number of rotatable bonds is 3. The molecule has 2 aliphatic heterocycles. The molecule has 160 valence electrons. The lowest BCUT2D eigenvalue weighted by Gasteiger charge is -2.35. The molecule has 2 aliphatic rings. The van der Waals surface area contributed by atoms with Gasteiger partial charge in [-0.05, 0) is 26.1 Å². The van der Waals surface area contributed by atoms with Gasteiger partial charge >= 0.3 is 6.03 Å². The van der Waals surface area contributed by atoms with Crippen LogP contribution in [0, 0.1) is 6.92 Å². The van der Waals surface area contributed by atoms with Crippen LogP contribution in [-0.4, -0.2) is 79.7 Å². The number of aryl methyl sites for hydroxylation is 1. The summed E-state index contributed by atoms with van der Waals surface area (Å²) >= 11 is 0. The largest absolute Gasteiger partial charge is 0.362 e. The Morgan fingerprint density at radius 1 is 1.03 bits per heavy atom. The van der Waals surface area contributed by atoms with E-state index in [1.165, 1.54) is 5.56 Å². The lowest BCUT2D eigenvalue weighted by molar-refractivity contribution is 0.206. The first-order valence-electron chi connectivity index (χ1n) is 10.5. The molecule has 1 aromatic heterocycles. The maximum Gasteiger partial charge on any atom is 0.322 e. The zero-order valence-electron chi connectivity index (χ0n) is 18.4. The molecule has 4 rings (SSSR count). The first kappa shape index (κ1) is 20.4. The van der Waals surface area contributed by atoms with E-state index in [4.69, 9.17) is 9.97 Å². The number of amides is 2. The van der Waals surface area contributed by atoms with Gasteiger partial charge in [0, 0.05) is 64.5 Å². The third kappa shape index (κ3) is 4.33. The van der Waals surface area contributed by atoms with E-state index in [0.29, 0.717) is 13.1 Å². The molecule has 0 spiro atoms. The van der Waals surface area contributed by atoms with Gasteiger partial charge in [0.25, 0.3) is 0 Å². The number of urea groups is 1. The highest BCUT2D eigenvalue weighted by molar-refractivity contribution is 5.89. The number of piperazine rings is 1. The van der Waals surface area contributed by atoms with Gasteiger partial charge in [-0.1, -0.05) is 17.7 Å². The van der Waals surface area contributed by atoms with Crippen molar-refractivity contribution in [1.82, 2.24) is 19.8 Å². The van der Waals surface area contributed by atoms with Crippen molar-refractivity contribution in [3.05, 3.63) is 41.1 Å². The number of carbonyl (C=O) groups is 1. The number of nitrogens with one attached hydrogen (secondary N) is 1. The van der Waals surface area contributed by atoms with Crippen LogP contribution in [0.1, 0.15) is 16.8 Å². The number of anilines is 3. The van der Waals surface area contributed by atoms with Crippen LogP contribution in [0.25, 0.3) is 0 Å². The molecular formula is C22H31N7O. The highest BCUT2D eigenvalue weighted by atomic mass is 16.2. The van der Waals surface area contributed by atoms with Gasteiger partial charge in [-0.15, -0.1) is 0 Å². The van der Waals surface area contributed by atoms with Crippen molar-refractivity contribution >= 4 is 23.5 Å². The SMILES string of the molecule is Cc1ccc(NC(=O)N2CCc3nc(N4CCN(C)CC4)nc(N(C)C)c3C2)cc1. The van der Waals surface area contributed by atoms with Crippen LogP contribution in [0.5, 0.6) is 0 Å². The van der Waals surface area contributed by atoms with E-state index in [0.717, 1.165) is 61.3 Å². The molecule has 30 heavy (non-hydrogen) atoms. The summed E-state index contributed by atoms with van der Waals surface area (Å²) in [6, 6.07) is 7.78. The number of benzene rings is 1. The number of nitrogens with zero attached hydrogens (tertiary/aromatic N) is 6. The normalized spacial score (nSPS) is 16.9. The molecule has 3 heterocycles. The molecule has 1 fully saturated rings. The number of fused-ring (bicyclic) bond motifs is 1. The molecule has 0 atom stereocenters. The Morgan fingerprint density at radius 3 is 2.40 bits per heavy atom. The second kappa shape index (κ2) is 8.47. The molecule has 0 radical (unpaired) electrons. The van der Waals surface area contributed by atoms with Crippen LogP contribution < -0.4 is 15.1 Å². The second-order valence-corrected chi connectivity index (χ2v) is 8.42. The van der Waals surface area contributed by atoms with Crippen molar-refractivity contribution in [1.29, 1.82) is 0 Å². The Labute approximate surface area is 178 Å². The number of hydrogen-bond donors (Lipinski definition) is 1. The summed E-state index contributed by atoms with van der Waals surface area (Å²) in [5, 5.41) is 3.01. The molecule has 8 nitrogen and oxygen atoms in total. The van der Waals surface area contributed by atoms with Gasteiger partial charge in [-0.3, -0.25) is 0 Å². The molecular weight excluding hydrogens is 378 g/mol. The van der Waals surface area contributed by atoms with E-state index in [9.17, 15) is 4.79 Å². The van der Waals surface area contributed by atoms with Gasteiger partial charge in [-0.2, -0.15) is 4.98 Å². The molecule has 1 saturated heterocycles. The summed E-state index contributed by atoms with van der Waals surface area (Å²) in [6.07, 6.45) is 0.737. The van der Waals surface area contributed by atoms with Crippen molar-refractivity contribution in [3.8, 4) is 0 Å². The van der Waals surface area contributed by atoms with Crippen LogP contribution in [0.3, 0.4) is 0 Å². The maximum atomic E-state index is 12.8. The first-order valence-corrected chi connectivity index (χ1v) is 10.5. The lowest BCUT2D eigenvalue weighted by atomic mass is 10.1. The predicted molar refractivity (Wildman–Crippen MR) is 120 cm³/mol. The summed E-state index contributed by atoms with van der Waals surface area (Å²) < 4.78 is 0. The van der Waals surface area contributed by atoms with Crippen LogP contribution in [0.15, 0.2) is 24.3 Å². The second-order valence-electron chi connectivity index (χ2n) is 8.42. The minimum Gasteiger partial charge on any atom is -0.362 e. The Morgan fingerprint density at radius 2 is 1.73 bits per heavy atom. The van der Waals surface area contributed by atoms with Gasteiger partial charge in [-0.25, -0.2) is 9.78 Å². The summed E-state index contributed by atoms with van der Waals surface area (Å²) in [7, 11) is 6.15. The zero-order valence-corrected chi connectivity index (χ0v) is 18.4. The Hall–Kier alpha value is -2.87. The standard InChI is InChI=1S/C22H31N7O/c1-16-5-7-17(8-6-16)23-22(30)29-10-9-19-18(15-29)20(26(2)3)25-21(24-19)28-13-11-27(4)12-14-28/h5-8H,9-15H2,1-4H3,(H,23,30). The van der Waals surface area contributed by atoms with E-state index in [1.54, 1.807) is 0 Å².